The molecule has 0 atom stereocenters. The first-order chi connectivity index (χ1) is 8.22. The molecule has 0 aliphatic heterocycles. The number of rotatable bonds is 1. The Balaban J connectivity index is 2.14. The lowest BCUT2D eigenvalue weighted by Crippen LogP contribution is -1.85. The topological polar surface area (TPSA) is 50.4 Å². The second-order valence-corrected chi connectivity index (χ2v) is 4.55. The third-order valence-corrected chi connectivity index (χ3v) is 2.92. The third kappa shape index (κ3) is 1.89. The van der Waals surface area contributed by atoms with E-state index in [9.17, 15) is 5.11 Å². The summed E-state index contributed by atoms with van der Waals surface area (Å²) in [6, 6.07) is 10.6. The minimum Gasteiger partial charge on any atom is -0.508 e. The van der Waals surface area contributed by atoms with Crippen molar-refractivity contribution in [3.8, 4) is 17.1 Å². The highest BCUT2D eigenvalue weighted by Crippen LogP contribution is 2.20. The lowest BCUT2D eigenvalue weighted by molar-refractivity contribution is 0.475. The number of phenolic OH excluding ortho intramolecular Hbond substituents is 1. The molecule has 0 fully saturated rings. The van der Waals surface area contributed by atoms with E-state index in [1.165, 1.54) is 0 Å². The standard InChI is InChI=1S/C12H8BrN3O/c13-9-5-6-16-11(7-9)14-12(15-16)8-1-3-10(17)4-2-8/h1-7,17H. The molecule has 17 heavy (non-hydrogen) atoms. The highest BCUT2D eigenvalue weighted by Gasteiger charge is 2.06. The van der Waals surface area contributed by atoms with Gasteiger partial charge in [-0.1, -0.05) is 15.9 Å². The summed E-state index contributed by atoms with van der Waals surface area (Å²) >= 11 is 3.39. The van der Waals surface area contributed by atoms with Crippen molar-refractivity contribution in [2.75, 3.05) is 0 Å². The van der Waals surface area contributed by atoms with Crippen molar-refractivity contribution in [3.63, 3.8) is 0 Å². The van der Waals surface area contributed by atoms with Gasteiger partial charge in [-0.2, -0.15) is 0 Å². The molecule has 0 unspecified atom stereocenters. The second-order valence-electron chi connectivity index (χ2n) is 3.63. The van der Waals surface area contributed by atoms with Crippen LogP contribution < -0.4 is 0 Å². The van der Waals surface area contributed by atoms with Gasteiger partial charge in [0.2, 0.25) is 0 Å². The molecule has 3 rings (SSSR count). The molecule has 2 heterocycles. The molecule has 0 amide bonds. The molecule has 5 heteroatoms. The summed E-state index contributed by atoms with van der Waals surface area (Å²) in [4.78, 5) is 4.41. The van der Waals surface area contributed by atoms with E-state index in [-0.39, 0.29) is 5.75 Å². The van der Waals surface area contributed by atoms with Crippen molar-refractivity contribution in [1.29, 1.82) is 0 Å². The van der Waals surface area contributed by atoms with Gasteiger partial charge < -0.3 is 5.11 Å². The number of aromatic hydroxyl groups is 1. The summed E-state index contributed by atoms with van der Waals surface area (Å²) in [5.74, 6) is 0.878. The van der Waals surface area contributed by atoms with Gasteiger partial charge in [0.15, 0.2) is 11.5 Å². The minimum absolute atomic E-state index is 0.236. The van der Waals surface area contributed by atoms with Crippen LogP contribution in [0.2, 0.25) is 0 Å². The fraction of sp³-hybridized carbons (Fsp3) is 0. The second kappa shape index (κ2) is 3.85. The summed E-state index contributed by atoms with van der Waals surface area (Å²) in [6.07, 6.45) is 1.84. The van der Waals surface area contributed by atoms with Crippen molar-refractivity contribution < 1.29 is 5.11 Å². The Kier molecular flexibility index (Phi) is 2.33. The molecule has 0 saturated heterocycles. The van der Waals surface area contributed by atoms with Crippen LogP contribution in [0.5, 0.6) is 5.75 Å². The van der Waals surface area contributed by atoms with Crippen LogP contribution in [0, 0.1) is 0 Å². The normalized spacial score (nSPS) is 10.9. The fourth-order valence-corrected chi connectivity index (χ4v) is 1.91. The number of hydrogen-bond acceptors (Lipinski definition) is 3. The van der Waals surface area contributed by atoms with E-state index in [0.717, 1.165) is 15.7 Å². The van der Waals surface area contributed by atoms with Crippen LogP contribution >= 0.6 is 15.9 Å². The summed E-state index contributed by atoms with van der Waals surface area (Å²) in [6.45, 7) is 0. The molecular weight excluding hydrogens is 282 g/mol. The number of phenols is 1. The number of nitrogens with zero attached hydrogens (tertiary/aromatic N) is 3. The summed E-state index contributed by atoms with van der Waals surface area (Å²) in [5.41, 5.74) is 1.66. The monoisotopic (exact) mass is 289 g/mol. The predicted molar refractivity (Wildman–Crippen MR) is 67.8 cm³/mol. The SMILES string of the molecule is Oc1ccc(-c2nc3cc(Br)ccn3n2)cc1. The van der Waals surface area contributed by atoms with Gasteiger partial charge >= 0.3 is 0 Å². The first-order valence-corrected chi connectivity index (χ1v) is 5.83. The number of hydrogen-bond donors (Lipinski definition) is 1. The van der Waals surface area contributed by atoms with Crippen LogP contribution in [0.1, 0.15) is 0 Å². The molecule has 1 N–H and O–H groups in total. The van der Waals surface area contributed by atoms with Crippen LogP contribution in [-0.2, 0) is 0 Å². The van der Waals surface area contributed by atoms with Gasteiger partial charge in [-0.15, -0.1) is 5.10 Å². The molecule has 0 aliphatic rings. The van der Waals surface area contributed by atoms with Gasteiger partial charge in [-0.3, -0.25) is 0 Å². The van der Waals surface area contributed by atoms with Crippen molar-refractivity contribution in [2.45, 2.75) is 0 Å². The molecule has 4 nitrogen and oxygen atoms in total. The average molecular weight is 290 g/mol. The van der Waals surface area contributed by atoms with Crippen molar-refractivity contribution in [3.05, 3.63) is 47.1 Å². The highest BCUT2D eigenvalue weighted by atomic mass is 79.9. The maximum Gasteiger partial charge on any atom is 0.182 e. The van der Waals surface area contributed by atoms with Crippen LogP contribution in [-0.4, -0.2) is 19.7 Å². The molecule has 0 bridgehead atoms. The number of fused-ring (bicyclic) bond motifs is 1. The zero-order valence-electron chi connectivity index (χ0n) is 8.71. The lowest BCUT2D eigenvalue weighted by Gasteiger charge is -1.94. The van der Waals surface area contributed by atoms with E-state index < -0.39 is 0 Å². The number of halogens is 1. The van der Waals surface area contributed by atoms with Crippen molar-refractivity contribution in [2.24, 2.45) is 0 Å². The van der Waals surface area contributed by atoms with E-state index in [4.69, 9.17) is 0 Å². The molecule has 0 radical (unpaired) electrons. The van der Waals surface area contributed by atoms with Gasteiger partial charge in [0.1, 0.15) is 5.75 Å². The van der Waals surface area contributed by atoms with Crippen LogP contribution in [0.25, 0.3) is 17.0 Å². The predicted octanol–water partition coefficient (Wildman–Crippen LogP) is 2.86. The smallest absolute Gasteiger partial charge is 0.182 e. The first-order valence-electron chi connectivity index (χ1n) is 5.04. The Morgan fingerprint density at radius 2 is 1.88 bits per heavy atom. The largest absolute Gasteiger partial charge is 0.508 e. The van der Waals surface area contributed by atoms with Gasteiger partial charge in [-0.05, 0) is 36.4 Å². The Labute approximate surface area is 106 Å². The van der Waals surface area contributed by atoms with Gasteiger partial charge in [0, 0.05) is 16.2 Å². The minimum atomic E-state index is 0.236. The Bertz CT molecular complexity index is 676. The Morgan fingerprint density at radius 1 is 1.12 bits per heavy atom. The van der Waals surface area contributed by atoms with Crippen molar-refractivity contribution >= 4 is 21.6 Å². The fourth-order valence-electron chi connectivity index (χ4n) is 1.59. The molecule has 0 saturated carbocycles. The van der Waals surface area contributed by atoms with Gasteiger partial charge in [0.05, 0.1) is 0 Å². The number of pyridine rings is 1. The quantitative estimate of drug-likeness (QED) is 0.749. The maximum absolute atomic E-state index is 9.23. The molecule has 0 aliphatic carbocycles. The summed E-state index contributed by atoms with van der Waals surface area (Å²) < 4.78 is 2.68. The molecule has 84 valence electrons. The van der Waals surface area contributed by atoms with Gasteiger partial charge in [-0.25, -0.2) is 9.50 Å². The van der Waals surface area contributed by atoms with Crippen molar-refractivity contribution in [1.82, 2.24) is 14.6 Å². The maximum atomic E-state index is 9.23. The van der Waals surface area contributed by atoms with Gasteiger partial charge in [0.25, 0.3) is 0 Å². The molecule has 1 aromatic carbocycles. The highest BCUT2D eigenvalue weighted by molar-refractivity contribution is 9.10. The molecule has 2 aromatic heterocycles. The van der Waals surface area contributed by atoms with Crippen LogP contribution in [0.4, 0.5) is 0 Å². The zero-order chi connectivity index (χ0) is 11.8. The molecule has 3 aromatic rings. The van der Waals surface area contributed by atoms with E-state index in [1.54, 1.807) is 28.8 Å². The third-order valence-electron chi connectivity index (χ3n) is 2.43. The average Bonchev–Trinajstić information content (AvgIpc) is 2.72. The molecule has 0 spiro atoms. The zero-order valence-corrected chi connectivity index (χ0v) is 10.3. The van der Waals surface area contributed by atoms with E-state index in [0.29, 0.717) is 5.82 Å². The van der Waals surface area contributed by atoms with Crippen LogP contribution in [0.15, 0.2) is 47.1 Å². The Hall–Kier alpha value is -1.88. The summed E-state index contributed by atoms with van der Waals surface area (Å²) in [5, 5.41) is 13.6. The lowest BCUT2D eigenvalue weighted by atomic mass is 10.2. The van der Waals surface area contributed by atoms with Crippen LogP contribution in [0.3, 0.4) is 0 Å². The number of benzene rings is 1. The number of aromatic nitrogens is 3. The van der Waals surface area contributed by atoms with E-state index >= 15 is 0 Å². The molecular formula is C12H8BrN3O. The first kappa shape index (κ1) is 10.3. The van der Waals surface area contributed by atoms with E-state index in [2.05, 4.69) is 26.0 Å². The summed E-state index contributed by atoms with van der Waals surface area (Å²) in [7, 11) is 0. The van der Waals surface area contributed by atoms with E-state index in [1.807, 2.05) is 18.3 Å². The Morgan fingerprint density at radius 3 is 2.65 bits per heavy atom.